The van der Waals surface area contributed by atoms with E-state index in [-0.39, 0.29) is 34.4 Å². The Morgan fingerprint density at radius 1 is 1.06 bits per heavy atom. The Balaban J connectivity index is 1.63. The Morgan fingerprint density at radius 3 is 2.43 bits per heavy atom. The maximum absolute atomic E-state index is 12.6. The first-order valence-electron chi connectivity index (χ1n) is 10.7. The number of nitro groups is 1. The van der Waals surface area contributed by atoms with Crippen LogP contribution >= 0.6 is 11.8 Å². The van der Waals surface area contributed by atoms with Gasteiger partial charge in [0.2, 0.25) is 0 Å². The fourth-order valence-electron chi connectivity index (χ4n) is 3.60. The molecule has 3 aromatic carbocycles. The SMILES string of the molecule is COc1cc(C=C2SC(=Nc3cc(C)cc(C)c3)NC2=O)c([N+](=O)[O-])cc1OCc1ccccc1. The van der Waals surface area contributed by atoms with Crippen LogP contribution in [-0.4, -0.2) is 23.1 Å². The molecule has 0 bridgehead atoms. The normalized spacial score (nSPS) is 15.3. The number of ether oxygens (including phenoxy) is 2. The van der Waals surface area contributed by atoms with Gasteiger partial charge in [0.25, 0.3) is 11.6 Å². The lowest BCUT2D eigenvalue weighted by atomic mass is 10.1. The number of aliphatic imine (C=N–C) groups is 1. The van der Waals surface area contributed by atoms with Crippen molar-refractivity contribution in [1.82, 2.24) is 5.32 Å². The molecule has 178 valence electrons. The van der Waals surface area contributed by atoms with Gasteiger partial charge >= 0.3 is 0 Å². The summed E-state index contributed by atoms with van der Waals surface area (Å²) in [4.78, 5) is 28.7. The number of benzene rings is 3. The molecule has 1 N–H and O–H groups in total. The predicted molar refractivity (Wildman–Crippen MR) is 137 cm³/mol. The lowest BCUT2D eigenvalue weighted by molar-refractivity contribution is -0.385. The molecule has 0 aliphatic carbocycles. The first-order chi connectivity index (χ1) is 16.8. The molecule has 9 heteroatoms. The number of methoxy groups -OCH3 is 1. The van der Waals surface area contributed by atoms with Gasteiger partial charge in [0.05, 0.1) is 34.3 Å². The van der Waals surface area contributed by atoms with Gasteiger partial charge in [0.15, 0.2) is 16.7 Å². The van der Waals surface area contributed by atoms with Crippen molar-refractivity contribution < 1.29 is 19.2 Å². The number of hydrogen-bond acceptors (Lipinski definition) is 7. The zero-order valence-corrected chi connectivity index (χ0v) is 20.2. The summed E-state index contributed by atoms with van der Waals surface area (Å²) in [6.45, 7) is 4.18. The van der Waals surface area contributed by atoms with Crippen LogP contribution in [0.5, 0.6) is 11.5 Å². The predicted octanol–water partition coefficient (Wildman–Crippen LogP) is 5.69. The fraction of sp³-hybridized carbons (Fsp3) is 0.154. The molecule has 1 aliphatic heterocycles. The van der Waals surface area contributed by atoms with Gasteiger partial charge in [-0.1, -0.05) is 36.4 Å². The molecule has 0 atom stereocenters. The molecule has 1 saturated heterocycles. The second-order valence-corrected chi connectivity index (χ2v) is 8.95. The van der Waals surface area contributed by atoms with Crippen LogP contribution in [0.25, 0.3) is 6.08 Å². The van der Waals surface area contributed by atoms with Crippen LogP contribution in [0.2, 0.25) is 0 Å². The maximum atomic E-state index is 12.6. The molecule has 0 aromatic heterocycles. The minimum absolute atomic E-state index is 0.200. The Morgan fingerprint density at radius 2 is 1.77 bits per heavy atom. The first-order valence-corrected chi connectivity index (χ1v) is 11.5. The van der Waals surface area contributed by atoms with Crippen molar-refractivity contribution in [1.29, 1.82) is 0 Å². The molecule has 1 amide bonds. The number of carbonyl (C=O) groups excluding carboxylic acids is 1. The van der Waals surface area contributed by atoms with Gasteiger partial charge < -0.3 is 14.8 Å². The molecule has 35 heavy (non-hydrogen) atoms. The van der Waals surface area contributed by atoms with E-state index in [1.54, 1.807) is 0 Å². The number of aryl methyl sites for hydroxylation is 2. The summed E-state index contributed by atoms with van der Waals surface area (Å²) in [5.41, 5.74) is 3.79. The Hall–Kier alpha value is -4.11. The third-order valence-electron chi connectivity index (χ3n) is 5.12. The molecule has 4 rings (SSSR count). The summed E-state index contributed by atoms with van der Waals surface area (Å²) in [5, 5.41) is 14.9. The van der Waals surface area contributed by atoms with Crippen molar-refractivity contribution in [3.8, 4) is 11.5 Å². The average Bonchev–Trinajstić information content (AvgIpc) is 3.15. The van der Waals surface area contributed by atoms with E-state index in [1.165, 1.54) is 25.3 Å². The summed E-state index contributed by atoms with van der Waals surface area (Å²) < 4.78 is 11.2. The molecule has 0 radical (unpaired) electrons. The van der Waals surface area contributed by atoms with Crippen molar-refractivity contribution >= 4 is 40.3 Å². The van der Waals surface area contributed by atoms with Crippen molar-refractivity contribution in [2.75, 3.05) is 7.11 Å². The quantitative estimate of drug-likeness (QED) is 0.260. The smallest absolute Gasteiger partial charge is 0.280 e. The summed E-state index contributed by atoms with van der Waals surface area (Å²) in [6, 6.07) is 18.1. The highest BCUT2D eigenvalue weighted by atomic mass is 32.2. The molecule has 1 fully saturated rings. The zero-order valence-electron chi connectivity index (χ0n) is 19.4. The highest BCUT2D eigenvalue weighted by molar-refractivity contribution is 8.18. The van der Waals surface area contributed by atoms with Crippen LogP contribution in [0.4, 0.5) is 11.4 Å². The van der Waals surface area contributed by atoms with Gasteiger partial charge in [-0.05, 0) is 66.6 Å². The maximum Gasteiger partial charge on any atom is 0.280 e. The van der Waals surface area contributed by atoms with E-state index in [2.05, 4.69) is 10.3 Å². The van der Waals surface area contributed by atoms with Crippen LogP contribution in [-0.2, 0) is 11.4 Å². The molecular weight excluding hydrogens is 466 g/mol. The number of rotatable bonds is 7. The van der Waals surface area contributed by atoms with Crippen LogP contribution in [0, 0.1) is 24.0 Å². The second-order valence-electron chi connectivity index (χ2n) is 7.92. The topological polar surface area (TPSA) is 103 Å². The van der Waals surface area contributed by atoms with Crippen molar-refractivity contribution in [2.24, 2.45) is 4.99 Å². The van der Waals surface area contributed by atoms with Gasteiger partial charge in [-0.3, -0.25) is 14.9 Å². The number of thioether (sulfide) groups is 1. The third kappa shape index (κ3) is 5.88. The van der Waals surface area contributed by atoms with Crippen LogP contribution in [0.15, 0.2) is 70.6 Å². The molecule has 1 heterocycles. The lowest BCUT2D eigenvalue weighted by Gasteiger charge is -2.12. The first kappa shape index (κ1) is 24.0. The van der Waals surface area contributed by atoms with Gasteiger partial charge in [0, 0.05) is 0 Å². The molecule has 0 unspecified atom stereocenters. The third-order valence-corrected chi connectivity index (χ3v) is 6.03. The summed E-state index contributed by atoms with van der Waals surface area (Å²) in [6.07, 6.45) is 1.46. The van der Waals surface area contributed by atoms with Crippen molar-refractivity contribution in [2.45, 2.75) is 20.5 Å². The van der Waals surface area contributed by atoms with Gasteiger partial charge in [-0.2, -0.15) is 0 Å². The van der Waals surface area contributed by atoms with Crippen LogP contribution < -0.4 is 14.8 Å². The Bertz CT molecular complexity index is 1330. The lowest BCUT2D eigenvalue weighted by Crippen LogP contribution is -2.19. The highest BCUT2D eigenvalue weighted by Crippen LogP contribution is 2.38. The Kier molecular flexibility index (Phi) is 7.17. The number of carbonyl (C=O) groups is 1. The van der Waals surface area contributed by atoms with E-state index in [9.17, 15) is 14.9 Å². The molecule has 8 nitrogen and oxygen atoms in total. The van der Waals surface area contributed by atoms with Crippen LogP contribution in [0.3, 0.4) is 0 Å². The molecule has 0 spiro atoms. The number of nitrogens with one attached hydrogen (secondary N) is 1. The second kappa shape index (κ2) is 10.4. The molecule has 0 saturated carbocycles. The van der Waals surface area contributed by atoms with Gasteiger partial charge in [0.1, 0.15) is 6.61 Å². The van der Waals surface area contributed by atoms with Crippen molar-refractivity contribution in [3.05, 3.63) is 97.9 Å². The van der Waals surface area contributed by atoms with Crippen molar-refractivity contribution in [3.63, 3.8) is 0 Å². The minimum atomic E-state index is -0.511. The van der Waals surface area contributed by atoms with E-state index in [4.69, 9.17) is 9.47 Å². The highest BCUT2D eigenvalue weighted by Gasteiger charge is 2.26. The minimum Gasteiger partial charge on any atom is -0.493 e. The van der Waals surface area contributed by atoms with Gasteiger partial charge in [-0.25, -0.2) is 4.99 Å². The number of nitrogens with zero attached hydrogens (tertiary/aromatic N) is 2. The summed E-state index contributed by atoms with van der Waals surface area (Å²) >= 11 is 1.12. The zero-order chi connectivity index (χ0) is 24.9. The number of nitro benzene ring substituents is 1. The van der Waals surface area contributed by atoms with E-state index < -0.39 is 4.92 Å². The summed E-state index contributed by atoms with van der Waals surface area (Å²) in [7, 11) is 1.46. The van der Waals surface area contributed by atoms with E-state index >= 15 is 0 Å². The van der Waals surface area contributed by atoms with E-state index in [0.717, 1.165) is 34.1 Å². The van der Waals surface area contributed by atoms with Gasteiger partial charge in [-0.15, -0.1) is 0 Å². The number of hydrogen-bond donors (Lipinski definition) is 1. The van der Waals surface area contributed by atoms with E-state index in [1.807, 2.05) is 62.4 Å². The largest absolute Gasteiger partial charge is 0.493 e. The molecule has 3 aromatic rings. The number of amidine groups is 1. The van der Waals surface area contributed by atoms with Crippen LogP contribution in [0.1, 0.15) is 22.3 Å². The standard InChI is InChI=1S/C26H23N3O5S/c1-16-9-17(2)11-20(10-16)27-26-28-25(30)24(35-26)13-19-12-22(33-3)23(14-21(19)29(31)32)34-15-18-7-5-4-6-8-18/h4-14H,15H2,1-3H3,(H,27,28,30). The number of amides is 1. The Labute approximate surface area is 206 Å². The molecular formula is C26H23N3O5S. The summed E-state index contributed by atoms with van der Waals surface area (Å²) in [5.74, 6) is 0.188. The monoisotopic (exact) mass is 489 g/mol. The van der Waals surface area contributed by atoms with E-state index in [0.29, 0.717) is 10.9 Å². The fourth-order valence-corrected chi connectivity index (χ4v) is 4.43. The molecule has 1 aliphatic rings. The average molecular weight is 490 g/mol.